The minimum atomic E-state index is -0.552. The Bertz CT molecular complexity index is 1210. The SMILES string of the molecule is CCCCCCc1onc(-c2c(F)cccc2Cl)c1C(=O)N[C@H]1CCC[C@@H](CNC(=O)c2ccccc2)C1. The van der Waals surface area contributed by atoms with Crippen molar-refractivity contribution in [3.05, 3.63) is 76.3 Å². The number of hydrogen-bond donors (Lipinski definition) is 2. The highest BCUT2D eigenvalue weighted by Gasteiger charge is 2.30. The number of halogens is 2. The van der Waals surface area contributed by atoms with E-state index in [1.807, 2.05) is 18.2 Å². The standard InChI is InChI=1S/C30H35ClFN3O3/c1-2-3-4-8-17-25-27(28(35-38-25)26-23(31)15-10-16-24(26)32)30(37)34-22-14-9-11-20(18-22)19-33-29(36)21-12-6-5-7-13-21/h5-7,10,12-13,15-16,20,22H,2-4,8-9,11,14,17-19H2,1H3,(H,33,36)(H,34,37)/t20-,22+/m1/s1. The number of benzene rings is 2. The number of carbonyl (C=O) groups is 2. The summed E-state index contributed by atoms with van der Waals surface area (Å²) in [6.45, 7) is 2.68. The molecule has 6 nitrogen and oxygen atoms in total. The van der Waals surface area contributed by atoms with Crippen LogP contribution in [0.1, 0.15) is 84.8 Å². The Balaban J connectivity index is 1.46. The predicted molar refractivity (Wildman–Crippen MR) is 147 cm³/mol. The highest BCUT2D eigenvalue weighted by Crippen LogP contribution is 2.34. The zero-order valence-corrected chi connectivity index (χ0v) is 22.5. The number of nitrogens with one attached hydrogen (secondary N) is 2. The zero-order valence-electron chi connectivity index (χ0n) is 21.8. The number of unbranched alkanes of at least 4 members (excludes halogenated alkanes) is 3. The largest absolute Gasteiger partial charge is 0.360 e. The van der Waals surface area contributed by atoms with Crippen molar-refractivity contribution >= 4 is 23.4 Å². The van der Waals surface area contributed by atoms with Crippen LogP contribution in [-0.4, -0.2) is 29.6 Å². The summed E-state index contributed by atoms with van der Waals surface area (Å²) in [6, 6.07) is 13.5. The van der Waals surface area contributed by atoms with E-state index in [0.717, 1.165) is 51.4 Å². The molecule has 1 fully saturated rings. The van der Waals surface area contributed by atoms with Crippen molar-refractivity contribution in [3.63, 3.8) is 0 Å². The first-order chi connectivity index (χ1) is 18.5. The van der Waals surface area contributed by atoms with E-state index >= 15 is 0 Å². The molecule has 0 spiro atoms. The Morgan fingerprint density at radius 1 is 1.05 bits per heavy atom. The van der Waals surface area contributed by atoms with Crippen molar-refractivity contribution in [1.29, 1.82) is 0 Å². The van der Waals surface area contributed by atoms with Crippen molar-refractivity contribution < 1.29 is 18.5 Å². The molecule has 2 amide bonds. The van der Waals surface area contributed by atoms with Gasteiger partial charge >= 0.3 is 0 Å². The Morgan fingerprint density at radius 2 is 1.87 bits per heavy atom. The average molecular weight is 540 g/mol. The second kappa shape index (κ2) is 13.6. The van der Waals surface area contributed by atoms with Gasteiger partial charge in [0.1, 0.15) is 22.8 Å². The van der Waals surface area contributed by atoms with Crippen LogP contribution in [0.5, 0.6) is 0 Å². The Kier molecular flexibility index (Phi) is 9.93. The smallest absolute Gasteiger partial charge is 0.257 e. The molecule has 2 atom stereocenters. The number of aryl methyl sites for hydroxylation is 1. The minimum absolute atomic E-state index is 0.0679. The highest BCUT2D eigenvalue weighted by atomic mass is 35.5. The molecule has 1 aromatic heterocycles. The third kappa shape index (κ3) is 7.01. The molecule has 38 heavy (non-hydrogen) atoms. The van der Waals surface area contributed by atoms with Crippen LogP contribution in [0.25, 0.3) is 11.3 Å². The van der Waals surface area contributed by atoms with E-state index < -0.39 is 5.82 Å². The highest BCUT2D eigenvalue weighted by molar-refractivity contribution is 6.33. The molecule has 2 aromatic carbocycles. The van der Waals surface area contributed by atoms with Crippen LogP contribution in [0.2, 0.25) is 5.02 Å². The monoisotopic (exact) mass is 539 g/mol. The molecule has 1 aliphatic carbocycles. The summed E-state index contributed by atoms with van der Waals surface area (Å²) in [7, 11) is 0. The van der Waals surface area contributed by atoms with Gasteiger partial charge in [-0.3, -0.25) is 9.59 Å². The van der Waals surface area contributed by atoms with Crippen LogP contribution in [0.3, 0.4) is 0 Å². The maximum absolute atomic E-state index is 14.8. The molecule has 3 aromatic rings. The van der Waals surface area contributed by atoms with E-state index in [0.29, 0.717) is 24.3 Å². The van der Waals surface area contributed by atoms with E-state index in [1.54, 1.807) is 18.2 Å². The first kappa shape index (κ1) is 27.8. The number of aromatic nitrogens is 1. The molecular weight excluding hydrogens is 505 g/mol. The Hall–Kier alpha value is -3.19. The van der Waals surface area contributed by atoms with Gasteiger partial charge in [-0.15, -0.1) is 0 Å². The molecule has 8 heteroatoms. The van der Waals surface area contributed by atoms with Gasteiger partial charge in [0.25, 0.3) is 11.8 Å². The molecule has 4 rings (SSSR count). The number of hydrogen-bond acceptors (Lipinski definition) is 4. The van der Waals surface area contributed by atoms with Gasteiger partial charge in [-0.25, -0.2) is 4.39 Å². The van der Waals surface area contributed by atoms with Gasteiger partial charge < -0.3 is 15.2 Å². The first-order valence-electron chi connectivity index (χ1n) is 13.5. The molecule has 0 radical (unpaired) electrons. The topological polar surface area (TPSA) is 84.2 Å². The molecule has 202 valence electrons. The maximum Gasteiger partial charge on any atom is 0.257 e. The van der Waals surface area contributed by atoms with E-state index in [2.05, 4.69) is 22.7 Å². The van der Waals surface area contributed by atoms with Gasteiger partial charge in [0.2, 0.25) is 0 Å². The fraction of sp³-hybridized carbons (Fsp3) is 0.433. The van der Waals surface area contributed by atoms with E-state index in [1.165, 1.54) is 12.1 Å². The van der Waals surface area contributed by atoms with Gasteiger partial charge in [-0.2, -0.15) is 0 Å². The van der Waals surface area contributed by atoms with Gasteiger partial charge in [0, 0.05) is 24.6 Å². The molecule has 1 saturated carbocycles. The Morgan fingerprint density at radius 3 is 2.63 bits per heavy atom. The molecule has 2 N–H and O–H groups in total. The molecule has 1 aliphatic rings. The summed E-state index contributed by atoms with van der Waals surface area (Å²) in [5.74, 6) is -0.275. The third-order valence-electron chi connectivity index (χ3n) is 7.15. The Labute approximate surface area is 228 Å². The quantitative estimate of drug-likeness (QED) is 0.257. The van der Waals surface area contributed by atoms with Crippen LogP contribution >= 0.6 is 11.6 Å². The molecule has 0 bridgehead atoms. The van der Waals surface area contributed by atoms with Crippen molar-refractivity contribution in [2.75, 3.05) is 6.54 Å². The van der Waals surface area contributed by atoms with Crippen LogP contribution in [0.15, 0.2) is 53.1 Å². The van der Waals surface area contributed by atoms with E-state index in [-0.39, 0.29) is 45.6 Å². The van der Waals surface area contributed by atoms with Crippen molar-refractivity contribution in [2.24, 2.45) is 5.92 Å². The number of nitrogens with zero attached hydrogens (tertiary/aromatic N) is 1. The fourth-order valence-corrected chi connectivity index (χ4v) is 5.38. The van der Waals surface area contributed by atoms with Crippen LogP contribution in [-0.2, 0) is 6.42 Å². The number of rotatable bonds is 11. The summed E-state index contributed by atoms with van der Waals surface area (Å²) in [5.41, 5.74) is 1.10. The second-order valence-corrected chi connectivity index (χ2v) is 10.4. The predicted octanol–water partition coefficient (Wildman–Crippen LogP) is 6.98. The van der Waals surface area contributed by atoms with Crippen molar-refractivity contribution in [2.45, 2.75) is 70.8 Å². The summed E-state index contributed by atoms with van der Waals surface area (Å²) in [6.07, 6.45) is 8.08. The van der Waals surface area contributed by atoms with Crippen LogP contribution in [0, 0.1) is 11.7 Å². The second-order valence-electron chi connectivity index (χ2n) is 10.0. The summed E-state index contributed by atoms with van der Waals surface area (Å²) < 4.78 is 20.4. The molecule has 0 unspecified atom stereocenters. The van der Waals surface area contributed by atoms with Crippen molar-refractivity contribution in [1.82, 2.24) is 15.8 Å². The van der Waals surface area contributed by atoms with Gasteiger partial charge in [-0.1, -0.05) is 73.6 Å². The lowest BCUT2D eigenvalue weighted by atomic mass is 9.85. The first-order valence-corrected chi connectivity index (χ1v) is 13.9. The third-order valence-corrected chi connectivity index (χ3v) is 7.47. The summed E-state index contributed by atoms with van der Waals surface area (Å²) >= 11 is 6.32. The van der Waals surface area contributed by atoms with Crippen LogP contribution < -0.4 is 10.6 Å². The average Bonchev–Trinajstić information content (AvgIpc) is 3.34. The fourth-order valence-electron chi connectivity index (χ4n) is 5.13. The zero-order chi connectivity index (χ0) is 26.9. The van der Waals surface area contributed by atoms with Gasteiger partial charge in [-0.05, 0) is 55.9 Å². The van der Waals surface area contributed by atoms with E-state index in [4.69, 9.17) is 16.1 Å². The molecule has 0 aliphatic heterocycles. The lowest BCUT2D eigenvalue weighted by molar-refractivity contribution is 0.0900. The number of amides is 2. The normalized spacial score (nSPS) is 17.2. The minimum Gasteiger partial charge on any atom is -0.360 e. The van der Waals surface area contributed by atoms with Crippen molar-refractivity contribution in [3.8, 4) is 11.3 Å². The maximum atomic E-state index is 14.8. The van der Waals surface area contributed by atoms with E-state index in [9.17, 15) is 14.0 Å². The summed E-state index contributed by atoms with van der Waals surface area (Å²) in [4.78, 5) is 26.1. The lowest BCUT2D eigenvalue weighted by Gasteiger charge is -2.30. The van der Waals surface area contributed by atoms with Gasteiger partial charge in [0.15, 0.2) is 0 Å². The molecular formula is C30H35ClFN3O3. The molecule has 1 heterocycles. The number of carbonyl (C=O) groups excluding carboxylic acids is 2. The van der Waals surface area contributed by atoms with Crippen LogP contribution in [0.4, 0.5) is 4.39 Å². The summed E-state index contributed by atoms with van der Waals surface area (Å²) in [5, 5.41) is 10.5. The molecule has 0 saturated heterocycles. The van der Waals surface area contributed by atoms with Gasteiger partial charge in [0.05, 0.1) is 10.6 Å². The lowest BCUT2D eigenvalue weighted by Crippen LogP contribution is -2.41.